The molecule has 1 heterocycles. The first-order valence-corrected chi connectivity index (χ1v) is 5.74. The van der Waals surface area contributed by atoms with E-state index in [0.29, 0.717) is 0 Å². The van der Waals surface area contributed by atoms with Crippen molar-refractivity contribution in [1.82, 2.24) is 15.2 Å². The van der Waals surface area contributed by atoms with Crippen molar-refractivity contribution in [2.75, 3.05) is 6.26 Å². The molecule has 4 heteroatoms. The van der Waals surface area contributed by atoms with Crippen LogP contribution in [0.15, 0.2) is 36.0 Å². The molecule has 0 bridgehead atoms. The Morgan fingerprint density at radius 1 is 1.47 bits per heavy atom. The molecule has 0 saturated heterocycles. The summed E-state index contributed by atoms with van der Waals surface area (Å²) in [6.45, 7) is 3.78. The fourth-order valence-corrected chi connectivity index (χ4v) is 2.00. The van der Waals surface area contributed by atoms with Gasteiger partial charge in [0.05, 0.1) is 0 Å². The molecular formula is C11H11N3S. The van der Waals surface area contributed by atoms with Crippen LogP contribution in [0.1, 0.15) is 5.56 Å². The molecule has 76 valence electrons. The Labute approximate surface area is 92.6 Å². The van der Waals surface area contributed by atoms with Crippen molar-refractivity contribution in [3.63, 3.8) is 0 Å². The van der Waals surface area contributed by atoms with Crippen molar-refractivity contribution in [2.24, 2.45) is 0 Å². The van der Waals surface area contributed by atoms with Gasteiger partial charge in [0.2, 0.25) is 0 Å². The number of H-pyrrole nitrogens is 1. The number of nitrogens with one attached hydrogen (secondary N) is 1. The van der Waals surface area contributed by atoms with Crippen LogP contribution in [0.2, 0.25) is 0 Å². The molecule has 0 aliphatic rings. The molecule has 0 aliphatic heterocycles. The van der Waals surface area contributed by atoms with Crippen LogP contribution in [0.5, 0.6) is 0 Å². The smallest absolute Gasteiger partial charge is 0.155 e. The van der Waals surface area contributed by atoms with E-state index in [-0.39, 0.29) is 0 Å². The molecule has 0 amide bonds. The predicted octanol–water partition coefficient (Wildman–Crippen LogP) is 2.84. The highest BCUT2D eigenvalue weighted by molar-refractivity contribution is 7.98. The lowest BCUT2D eigenvalue weighted by molar-refractivity contribution is 1.09. The monoisotopic (exact) mass is 217 g/mol. The summed E-state index contributed by atoms with van der Waals surface area (Å²) in [5.41, 5.74) is 2.19. The molecule has 1 N–H and O–H groups in total. The summed E-state index contributed by atoms with van der Waals surface area (Å²) in [7, 11) is 0. The minimum absolute atomic E-state index is 0.793. The van der Waals surface area contributed by atoms with Crippen LogP contribution in [0.4, 0.5) is 0 Å². The van der Waals surface area contributed by atoms with Gasteiger partial charge in [-0.3, -0.25) is 5.10 Å². The second-order valence-corrected chi connectivity index (χ2v) is 3.84. The maximum Gasteiger partial charge on any atom is 0.155 e. The molecule has 0 unspecified atom stereocenters. The van der Waals surface area contributed by atoms with Gasteiger partial charge in [-0.2, -0.15) is 5.10 Å². The number of aromatic nitrogens is 3. The molecule has 0 aliphatic carbocycles. The normalized spacial score (nSPS) is 10.2. The third-order valence-corrected chi connectivity index (χ3v) is 2.94. The largest absolute Gasteiger partial charge is 0.259 e. The third-order valence-electron chi connectivity index (χ3n) is 2.14. The summed E-state index contributed by atoms with van der Waals surface area (Å²) in [4.78, 5) is 5.31. The van der Waals surface area contributed by atoms with Gasteiger partial charge in [-0.1, -0.05) is 24.8 Å². The SMILES string of the molecule is C=Cc1ccc(-c2ncn[nH]2)cc1SC. The van der Waals surface area contributed by atoms with Crippen molar-refractivity contribution < 1.29 is 0 Å². The number of thioether (sulfide) groups is 1. The van der Waals surface area contributed by atoms with Crippen molar-refractivity contribution in [3.05, 3.63) is 36.7 Å². The molecule has 0 atom stereocenters. The second-order valence-electron chi connectivity index (χ2n) is 2.99. The fourth-order valence-electron chi connectivity index (χ4n) is 1.37. The molecule has 3 nitrogen and oxygen atoms in total. The Morgan fingerprint density at radius 2 is 2.33 bits per heavy atom. The molecule has 1 aromatic heterocycles. The first-order chi connectivity index (χ1) is 7.35. The van der Waals surface area contributed by atoms with Crippen LogP contribution in [0.25, 0.3) is 17.5 Å². The van der Waals surface area contributed by atoms with Gasteiger partial charge in [-0.15, -0.1) is 11.8 Å². The number of hydrogen-bond donors (Lipinski definition) is 1. The zero-order chi connectivity index (χ0) is 10.7. The van der Waals surface area contributed by atoms with Crippen LogP contribution < -0.4 is 0 Å². The van der Waals surface area contributed by atoms with E-state index >= 15 is 0 Å². The minimum Gasteiger partial charge on any atom is -0.259 e. The van der Waals surface area contributed by atoms with Gasteiger partial charge in [-0.05, 0) is 17.9 Å². The van der Waals surface area contributed by atoms with Gasteiger partial charge in [0.25, 0.3) is 0 Å². The number of hydrogen-bond acceptors (Lipinski definition) is 3. The maximum atomic E-state index is 4.12. The lowest BCUT2D eigenvalue weighted by atomic mass is 10.1. The molecule has 2 rings (SSSR count). The van der Waals surface area contributed by atoms with Crippen LogP contribution >= 0.6 is 11.8 Å². The van der Waals surface area contributed by atoms with Crippen molar-refractivity contribution >= 4 is 17.8 Å². The lowest BCUT2D eigenvalue weighted by Gasteiger charge is -2.04. The Balaban J connectivity index is 2.48. The highest BCUT2D eigenvalue weighted by Gasteiger charge is 2.04. The van der Waals surface area contributed by atoms with E-state index in [2.05, 4.69) is 27.8 Å². The number of benzene rings is 1. The van der Waals surface area contributed by atoms with E-state index in [1.165, 1.54) is 11.2 Å². The number of aromatic amines is 1. The standard InChI is InChI=1S/C11H11N3S/c1-3-8-4-5-9(6-10(8)15-2)11-12-7-13-14-11/h3-7H,1H2,2H3,(H,12,13,14). The highest BCUT2D eigenvalue weighted by Crippen LogP contribution is 2.26. The Hall–Kier alpha value is -1.55. The summed E-state index contributed by atoms with van der Waals surface area (Å²) in [6.07, 6.45) is 5.41. The molecule has 0 spiro atoms. The van der Waals surface area contributed by atoms with Gasteiger partial charge in [0.15, 0.2) is 5.82 Å². The summed E-state index contributed by atoms with van der Waals surface area (Å²) < 4.78 is 0. The van der Waals surface area contributed by atoms with Crippen molar-refractivity contribution in [1.29, 1.82) is 0 Å². The molecule has 0 saturated carbocycles. The van der Waals surface area contributed by atoms with E-state index in [1.54, 1.807) is 11.8 Å². The Morgan fingerprint density at radius 3 is 2.93 bits per heavy atom. The van der Waals surface area contributed by atoms with Crippen LogP contribution in [0, 0.1) is 0 Å². The van der Waals surface area contributed by atoms with Gasteiger partial charge in [0.1, 0.15) is 6.33 Å². The van der Waals surface area contributed by atoms with E-state index in [0.717, 1.165) is 17.0 Å². The lowest BCUT2D eigenvalue weighted by Crippen LogP contribution is -1.84. The summed E-state index contributed by atoms with van der Waals surface area (Å²) in [5, 5.41) is 6.68. The number of nitrogens with zero attached hydrogens (tertiary/aromatic N) is 2. The fraction of sp³-hybridized carbons (Fsp3) is 0.0909. The minimum atomic E-state index is 0.793. The Bertz CT molecular complexity index is 463. The molecule has 0 radical (unpaired) electrons. The second kappa shape index (κ2) is 4.31. The average Bonchev–Trinajstić information content (AvgIpc) is 2.81. The zero-order valence-corrected chi connectivity index (χ0v) is 9.21. The number of rotatable bonds is 3. The average molecular weight is 217 g/mol. The van der Waals surface area contributed by atoms with Gasteiger partial charge >= 0.3 is 0 Å². The van der Waals surface area contributed by atoms with Crippen LogP contribution in [-0.4, -0.2) is 21.4 Å². The predicted molar refractivity (Wildman–Crippen MR) is 63.7 cm³/mol. The topological polar surface area (TPSA) is 41.6 Å². The first kappa shape index (κ1) is 9.98. The Kier molecular flexibility index (Phi) is 2.87. The molecule has 2 aromatic rings. The maximum absolute atomic E-state index is 4.12. The van der Waals surface area contributed by atoms with E-state index in [4.69, 9.17) is 0 Å². The van der Waals surface area contributed by atoms with E-state index in [1.807, 2.05) is 24.5 Å². The quantitative estimate of drug-likeness (QED) is 0.804. The third kappa shape index (κ3) is 1.94. The summed E-state index contributed by atoms with van der Waals surface area (Å²) >= 11 is 1.70. The summed E-state index contributed by atoms with van der Waals surface area (Å²) in [5.74, 6) is 0.793. The van der Waals surface area contributed by atoms with Crippen molar-refractivity contribution in [2.45, 2.75) is 4.90 Å². The van der Waals surface area contributed by atoms with Gasteiger partial charge in [-0.25, -0.2) is 4.98 Å². The highest BCUT2D eigenvalue weighted by atomic mass is 32.2. The van der Waals surface area contributed by atoms with Gasteiger partial charge in [0, 0.05) is 10.5 Å². The van der Waals surface area contributed by atoms with E-state index < -0.39 is 0 Å². The van der Waals surface area contributed by atoms with Gasteiger partial charge < -0.3 is 0 Å². The molecule has 0 fully saturated rings. The molecule has 15 heavy (non-hydrogen) atoms. The first-order valence-electron chi connectivity index (χ1n) is 4.51. The molecular weight excluding hydrogens is 206 g/mol. The summed E-state index contributed by atoms with van der Waals surface area (Å²) in [6, 6.07) is 6.14. The van der Waals surface area contributed by atoms with E-state index in [9.17, 15) is 0 Å². The van der Waals surface area contributed by atoms with Crippen LogP contribution in [-0.2, 0) is 0 Å². The van der Waals surface area contributed by atoms with Crippen LogP contribution in [0.3, 0.4) is 0 Å². The molecule has 1 aromatic carbocycles. The van der Waals surface area contributed by atoms with Crippen molar-refractivity contribution in [3.8, 4) is 11.4 Å². The zero-order valence-electron chi connectivity index (χ0n) is 8.40.